The van der Waals surface area contributed by atoms with Crippen molar-refractivity contribution in [2.24, 2.45) is 11.8 Å². The van der Waals surface area contributed by atoms with Crippen LogP contribution < -0.4 is 9.80 Å². The largest absolute Gasteiger partial charge is 0.379 e. The maximum atomic E-state index is 14.0. The van der Waals surface area contributed by atoms with Gasteiger partial charge in [-0.05, 0) is 54.0 Å². The lowest BCUT2D eigenvalue weighted by Crippen LogP contribution is -2.49. The summed E-state index contributed by atoms with van der Waals surface area (Å²) in [7, 11) is 0. The van der Waals surface area contributed by atoms with E-state index in [9.17, 15) is 9.90 Å². The SMILES string of the molecule is O=C1C2=C[C@](O)(c3ccccc3)C3C4CCCCC4CN3c3cccc(c32)N1Cc1ccccc1. The molecule has 3 aromatic rings. The topological polar surface area (TPSA) is 43.8 Å². The molecule has 0 radical (unpaired) electrons. The van der Waals surface area contributed by atoms with Crippen molar-refractivity contribution >= 4 is 22.9 Å². The molecule has 1 aliphatic carbocycles. The van der Waals surface area contributed by atoms with Crippen LogP contribution in [0.15, 0.2) is 84.9 Å². The molecule has 0 spiro atoms. The number of amides is 1. The van der Waals surface area contributed by atoms with E-state index in [2.05, 4.69) is 35.2 Å². The van der Waals surface area contributed by atoms with Gasteiger partial charge in [0.1, 0.15) is 5.60 Å². The molecule has 4 nitrogen and oxygen atoms in total. The number of nitrogens with zero attached hydrogens (tertiary/aromatic N) is 2. The van der Waals surface area contributed by atoms with Gasteiger partial charge in [0, 0.05) is 17.8 Å². The van der Waals surface area contributed by atoms with Gasteiger partial charge in [0.15, 0.2) is 0 Å². The summed E-state index contributed by atoms with van der Waals surface area (Å²) in [5, 5.41) is 12.6. The highest BCUT2D eigenvalue weighted by atomic mass is 16.3. The average Bonchev–Trinajstić information content (AvgIpc) is 3.38. The molecule has 1 saturated heterocycles. The lowest BCUT2D eigenvalue weighted by molar-refractivity contribution is -0.113. The maximum Gasteiger partial charge on any atom is 0.259 e. The minimum atomic E-state index is -1.23. The molecule has 4 aliphatic rings. The molecular formula is C31H30N2O2. The van der Waals surface area contributed by atoms with Crippen LogP contribution in [0.5, 0.6) is 0 Å². The van der Waals surface area contributed by atoms with Gasteiger partial charge in [-0.1, -0.05) is 79.6 Å². The van der Waals surface area contributed by atoms with Gasteiger partial charge in [-0.15, -0.1) is 0 Å². The van der Waals surface area contributed by atoms with Crippen LogP contribution in [-0.2, 0) is 16.9 Å². The van der Waals surface area contributed by atoms with Crippen molar-refractivity contribution in [3.8, 4) is 0 Å². The fourth-order valence-corrected chi connectivity index (χ4v) is 7.24. The molecule has 4 heteroatoms. The number of carbonyl (C=O) groups is 1. The number of benzene rings is 3. The van der Waals surface area contributed by atoms with Gasteiger partial charge in [-0.3, -0.25) is 4.79 Å². The monoisotopic (exact) mass is 462 g/mol. The predicted molar refractivity (Wildman–Crippen MR) is 139 cm³/mol. The third-order valence-electron chi connectivity index (χ3n) is 8.74. The van der Waals surface area contributed by atoms with Gasteiger partial charge in [0.25, 0.3) is 5.91 Å². The van der Waals surface area contributed by atoms with Gasteiger partial charge in [0.05, 0.1) is 23.8 Å². The van der Waals surface area contributed by atoms with Crippen LogP contribution in [0.25, 0.3) is 5.57 Å². The maximum absolute atomic E-state index is 14.0. The van der Waals surface area contributed by atoms with E-state index in [1.54, 1.807) is 0 Å². The first-order valence-electron chi connectivity index (χ1n) is 12.9. The second kappa shape index (κ2) is 7.82. The second-order valence-electron chi connectivity index (χ2n) is 10.6. The molecule has 0 aromatic heterocycles. The minimum absolute atomic E-state index is 0.0213. The number of hydrogen-bond acceptors (Lipinski definition) is 3. The van der Waals surface area contributed by atoms with E-state index in [0.29, 0.717) is 24.0 Å². The molecule has 3 aliphatic heterocycles. The Morgan fingerprint density at radius 2 is 1.57 bits per heavy atom. The van der Waals surface area contributed by atoms with Gasteiger partial charge in [-0.25, -0.2) is 0 Å². The number of fused-ring (bicyclic) bond motifs is 4. The van der Waals surface area contributed by atoms with Crippen LogP contribution in [0.4, 0.5) is 11.4 Å². The molecule has 3 unspecified atom stereocenters. The van der Waals surface area contributed by atoms with E-state index >= 15 is 0 Å². The summed E-state index contributed by atoms with van der Waals surface area (Å²) in [6.07, 6.45) is 6.74. The van der Waals surface area contributed by atoms with E-state index in [1.165, 1.54) is 19.3 Å². The molecule has 0 bridgehead atoms. The number of aliphatic hydroxyl groups is 1. The van der Waals surface area contributed by atoms with Crippen molar-refractivity contribution in [2.75, 3.05) is 16.3 Å². The van der Waals surface area contributed by atoms with E-state index in [1.807, 2.05) is 59.5 Å². The Bertz CT molecular complexity index is 1320. The standard InChI is InChI=1S/C31H30N2O2/c34-30-25-18-31(35,23-13-5-2-6-14-23)29-24-15-8-7-12-22(24)20-32(29)26-16-9-17-27(28(25)26)33(30)19-21-10-3-1-4-11-21/h1-6,9-11,13-14,16-18,22,24,29,35H,7-8,12,15,19-20H2/t22?,24?,29?,31-/m0/s1. The molecule has 176 valence electrons. The molecule has 35 heavy (non-hydrogen) atoms. The summed E-state index contributed by atoms with van der Waals surface area (Å²) in [6, 6.07) is 26.4. The van der Waals surface area contributed by atoms with E-state index in [4.69, 9.17) is 0 Å². The third kappa shape index (κ3) is 3.06. The zero-order chi connectivity index (χ0) is 23.6. The summed E-state index contributed by atoms with van der Waals surface area (Å²) < 4.78 is 0. The first-order chi connectivity index (χ1) is 17.1. The normalized spacial score (nSPS) is 28.8. The first kappa shape index (κ1) is 21.0. The average molecular weight is 463 g/mol. The van der Waals surface area contributed by atoms with Crippen LogP contribution in [0.2, 0.25) is 0 Å². The molecular weight excluding hydrogens is 432 g/mol. The smallest absolute Gasteiger partial charge is 0.259 e. The molecule has 3 aromatic carbocycles. The molecule has 1 amide bonds. The number of hydrogen-bond donors (Lipinski definition) is 1. The lowest BCUT2D eigenvalue weighted by Gasteiger charge is -2.41. The Hall–Kier alpha value is -3.37. The molecule has 2 fully saturated rings. The fraction of sp³-hybridized carbons (Fsp3) is 0.323. The van der Waals surface area contributed by atoms with Crippen LogP contribution in [0.3, 0.4) is 0 Å². The molecule has 3 heterocycles. The Kier molecular flexibility index (Phi) is 4.68. The number of carbonyl (C=O) groups excluding carboxylic acids is 1. The van der Waals surface area contributed by atoms with Gasteiger partial charge in [0.2, 0.25) is 0 Å². The highest BCUT2D eigenvalue weighted by molar-refractivity contribution is 6.34. The quantitative estimate of drug-likeness (QED) is 0.558. The minimum Gasteiger partial charge on any atom is -0.379 e. The van der Waals surface area contributed by atoms with Gasteiger partial charge in [-0.2, -0.15) is 0 Å². The Balaban J connectivity index is 1.44. The predicted octanol–water partition coefficient (Wildman–Crippen LogP) is 5.51. The van der Waals surface area contributed by atoms with Crippen molar-refractivity contribution in [1.29, 1.82) is 0 Å². The van der Waals surface area contributed by atoms with Crippen molar-refractivity contribution < 1.29 is 9.90 Å². The summed E-state index contributed by atoms with van der Waals surface area (Å²) in [6.45, 7) is 1.46. The summed E-state index contributed by atoms with van der Waals surface area (Å²) in [5.74, 6) is 0.968. The molecule has 7 rings (SSSR count). The van der Waals surface area contributed by atoms with Crippen molar-refractivity contribution in [3.05, 3.63) is 102 Å². The lowest BCUT2D eigenvalue weighted by atomic mass is 9.71. The zero-order valence-electron chi connectivity index (χ0n) is 19.8. The summed E-state index contributed by atoms with van der Waals surface area (Å²) in [5.41, 5.74) is 4.42. The van der Waals surface area contributed by atoms with E-state index in [0.717, 1.165) is 41.0 Å². The Labute approximate surface area is 206 Å². The Morgan fingerprint density at radius 1 is 0.857 bits per heavy atom. The van der Waals surface area contributed by atoms with Crippen LogP contribution >= 0.6 is 0 Å². The van der Waals surface area contributed by atoms with Crippen LogP contribution in [0, 0.1) is 11.8 Å². The molecule has 1 N–H and O–H groups in total. The number of anilines is 2. The Morgan fingerprint density at radius 3 is 2.37 bits per heavy atom. The van der Waals surface area contributed by atoms with Crippen molar-refractivity contribution in [3.63, 3.8) is 0 Å². The van der Waals surface area contributed by atoms with Crippen molar-refractivity contribution in [1.82, 2.24) is 0 Å². The highest BCUT2D eigenvalue weighted by Gasteiger charge is 2.56. The van der Waals surface area contributed by atoms with Crippen LogP contribution in [-0.4, -0.2) is 23.6 Å². The van der Waals surface area contributed by atoms with Crippen molar-refractivity contribution in [2.45, 2.75) is 43.9 Å². The highest BCUT2D eigenvalue weighted by Crippen LogP contribution is 2.55. The second-order valence-corrected chi connectivity index (χ2v) is 10.6. The zero-order valence-corrected chi connectivity index (χ0v) is 19.8. The fourth-order valence-electron chi connectivity index (χ4n) is 7.24. The van der Waals surface area contributed by atoms with E-state index in [-0.39, 0.29) is 11.9 Å². The summed E-state index contributed by atoms with van der Waals surface area (Å²) >= 11 is 0. The first-order valence-corrected chi connectivity index (χ1v) is 12.9. The molecule has 4 atom stereocenters. The van der Waals surface area contributed by atoms with Gasteiger partial charge >= 0.3 is 0 Å². The number of rotatable bonds is 3. The van der Waals surface area contributed by atoms with Crippen LogP contribution in [0.1, 0.15) is 42.4 Å². The van der Waals surface area contributed by atoms with E-state index < -0.39 is 5.60 Å². The third-order valence-corrected chi connectivity index (χ3v) is 8.74. The summed E-state index contributed by atoms with van der Waals surface area (Å²) in [4.78, 5) is 18.3. The molecule has 1 saturated carbocycles. The van der Waals surface area contributed by atoms with Gasteiger partial charge < -0.3 is 14.9 Å².